The molecule has 3 aliphatic rings. The lowest BCUT2D eigenvalue weighted by molar-refractivity contribution is -0.133. The summed E-state index contributed by atoms with van der Waals surface area (Å²) < 4.78 is 0. The Morgan fingerprint density at radius 3 is 2.62 bits per heavy atom. The maximum absolute atomic E-state index is 13.4. The largest absolute Gasteiger partial charge is 0.350 e. The molecule has 0 aromatic heterocycles. The van der Waals surface area contributed by atoms with E-state index in [1.165, 1.54) is 22.8 Å². The topological polar surface area (TPSA) is 49.4 Å². The Morgan fingerprint density at radius 1 is 1.09 bits per heavy atom. The molecule has 2 bridgehead atoms. The van der Waals surface area contributed by atoms with Crippen LogP contribution in [0, 0.1) is 10.8 Å². The summed E-state index contributed by atoms with van der Waals surface area (Å²) in [5.74, 6) is 0.389. The fourth-order valence-corrected chi connectivity index (χ4v) is 7.16. The van der Waals surface area contributed by atoms with Gasteiger partial charge in [-0.2, -0.15) is 0 Å². The first kappa shape index (κ1) is 21.5. The van der Waals surface area contributed by atoms with Gasteiger partial charge in [0.1, 0.15) is 0 Å². The molecule has 0 spiro atoms. The molecule has 2 aromatic rings. The van der Waals surface area contributed by atoms with Crippen LogP contribution in [-0.2, 0) is 16.0 Å². The zero-order valence-electron chi connectivity index (χ0n) is 19.7. The number of benzene rings is 2. The number of nitrogens with one attached hydrogen (secondary N) is 1. The minimum absolute atomic E-state index is 0.115. The van der Waals surface area contributed by atoms with Crippen molar-refractivity contribution in [2.24, 2.45) is 10.8 Å². The number of amides is 2. The molecular formula is C28H36N2O2. The van der Waals surface area contributed by atoms with E-state index in [9.17, 15) is 9.59 Å². The van der Waals surface area contributed by atoms with Crippen LogP contribution in [0.5, 0.6) is 0 Å². The molecule has 2 saturated heterocycles. The highest BCUT2D eigenvalue weighted by atomic mass is 16.2. The van der Waals surface area contributed by atoms with E-state index in [1.54, 1.807) is 0 Å². The zero-order valence-corrected chi connectivity index (χ0v) is 19.7. The zero-order chi connectivity index (χ0) is 22.6. The Balaban J connectivity index is 1.30. The highest BCUT2D eigenvalue weighted by Gasteiger charge is 2.51. The molecule has 0 unspecified atom stereocenters. The van der Waals surface area contributed by atoms with Crippen LogP contribution in [0.1, 0.15) is 71.3 Å². The second kappa shape index (κ2) is 7.60. The minimum Gasteiger partial charge on any atom is -0.350 e. The number of nitrogens with zero attached hydrogens (tertiary/aromatic N) is 1. The lowest BCUT2D eigenvalue weighted by atomic mass is 9.65. The molecule has 32 heavy (non-hydrogen) atoms. The molecule has 0 radical (unpaired) electrons. The summed E-state index contributed by atoms with van der Waals surface area (Å²) in [4.78, 5) is 27.8. The van der Waals surface area contributed by atoms with E-state index < -0.39 is 0 Å². The van der Waals surface area contributed by atoms with Crippen molar-refractivity contribution < 1.29 is 9.59 Å². The molecule has 5 rings (SSSR count). The first-order valence-corrected chi connectivity index (χ1v) is 12.2. The van der Waals surface area contributed by atoms with E-state index in [0.717, 1.165) is 32.2 Å². The van der Waals surface area contributed by atoms with Crippen LogP contribution >= 0.6 is 0 Å². The second-order valence-electron chi connectivity index (χ2n) is 11.9. The molecule has 4 nitrogen and oxygen atoms in total. The van der Waals surface area contributed by atoms with Crippen LogP contribution in [0.2, 0.25) is 0 Å². The Kier molecular flexibility index (Phi) is 5.11. The van der Waals surface area contributed by atoms with Crippen molar-refractivity contribution in [2.75, 3.05) is 6.54 Å². The van der Waals surface area contributed by atoms with Gasteiger partial charge in [0.05, 0.1) is 0 Å². The molecule has 2 amide bonds. The van der Waals surface area contributed by atoms with Gasteiger partial charge < -0.3 is 10.2 Å². The van der Waals surface area contributed by atoms with Crippen molar-refractivity contribution in [3.63, 3.8) is 0 Å². The third-order valence-corrected chi connectivity index (χ3v) is 8.14. The maximum Gasteiger partial charge on any atom is 0.222 e. The average molecular weight is 433 g/mol. The molecule has 170 valence electrons. The molecule has 3 atom stereocenters. The van der Waals surface area contributed by atoms with Gasteiger partial charge in [-0.25, -0.2) is 0 Å². The first-order valence-electron chi connectivity index (χ1n) is 12.2. The number of carbonyl (C=O) groups is 2. The number of likely N-dealkylation sites (tertiary alicyclic amines) is 1. The first-order chi connectivity index (χ1) is 15.1. The van der Waals surface area contributed by atoms with Crippen LogP contribution in [0.4, 0.5) is 0 Å². The van der Waals surface area contributed by atoms with Crippen LogP contribution in [0.3, 0.4) is 0 Å². The van der Waals surface area contributed by atoms with Crippen molar-refractivity contribution in [2.45, 2.75) is 83.7 Å². The number of hydrogen-bond acceptors (Lipinski definition) is 2. The van der Waals surface area contributed by atoms with Crippen LogP contribution in [-0.4, -0.2) is 34.8 Å². The van der Waals surface area contributed by atoms with Crippen molar-refractivity contribution in [3.05, 3.63) is 48.0 Å². The molecule has 1 aliphatic carbocycles. The number of hydrogen-bond donors (Lipinski definition) is 1. The van der Waals surface area contributed by atoms with Gasteiger partial charge in [-0.3, -0.25) is 9.59 Å². The van der Waals surface area contributed by atoms with Gasteiger partial charge in [-0.05, 0) is 65.7 Å². The van der Waals surface area contributed by atoms with E-state index >= 15 is 0 Å². The van der Waals surface area contributed by atoms with Gasteiger partial charge in [-0.1, -0.05) is 63.2 Å². The molecular weight excluding hydrogens is 396 g/mol. The van der Waals surface area contributed by atoms with E-state index in [2.05, 4.69) is 73.5 Å². The van der Waals surface area contributed by atoms with Gasteiger partial charge in [0.2, 0.25) is 11.8 Å². The second-order valence-corrected chi connectivity index (χ2v) is 11.9. The highest BCUT2D eigenvalue weighted by Crippen LogP contribution is 2.52. The molecule has 2 aliphatic heterocycles. The Bertz CT molecular complexity index is 1060. The van der Waals surface area contributed by atoms with Crippen molar-refractivity contribution >= 4 is 22.6 Å². The third kappa shape index (κ3) is 4.16. The van der Waals surface area contributed by atoms with E-state index in [4.69, 9.17) is 0 Å². The summed E-state index contributed by atoms with van der Waals surface area (Å²) in [6.45, 7) is 7.94. The Morgan fingerprint density at radius 2 is 1.88 bits per heavy atom. The SMILES string of the molecule is CC1(C)C[C@H]2C[C@](C)(CN2C(=O)CC[C@]2(Cc3ccc4ccccc4c3)CCC(=O)N2)C1. The third-order valence-electron chi connectivity index (χ3n) is 8.14. The highest BCUT2D eigenvalue weighted by molar-refractivity contribution is 5.83. The quantitative estimate of drug-likeness (QED) is 0.703. The van der Waals surface area contributed by atoms with Gasteiger partial charge in [0.15, 0.2) is 0 Å². The van der Waals surface area contributed by atoms with E-state index in [-0.39, 0.29) is 22.8 Å². The summed E-state index contributed by atoms with van der Waals surface area (Å²) >= 11 is 0. The normalized spacial score (nSPS) is 31.2. The maximum atomic E-state index is 13.4. The predicted molar refractivity (Wildman–Crippen MR) is 128 cm³/mol. The van der Waals surface area contributed by atoms with Crippen LogP contribution in [0.25, 0.3) is 10.8 Å². The van der Waals surface area contributed by atoms with Gasteiger partial charge in [0.25, 0.3) is 0 Å². The molecule has 3 fully saturated rings. The summed E-state index contributed by atoms with van der Waals surface area (Å²) in [6.07, 6.45) is 6.82. The van der Waals surface area contributed by atoms with Gasteiger partial charge >= 0.3 is 0 Å². The summed E-state index contributed by atoms with van der Waals surface area (Å²) in [5.41, 5.74) is 1.48. The monoisotopic (exact) mass is 432 g/mol. The molecule has 1 saturated carbocycles. The van der Waals surface area contributed by atoms with Gasteiger partial charge in [-0.15, -0.1) is 0 Å². The lowest BCUT2D eigenvalue weighted by Crippen LogP contribution is -2.45. The number of carbonyl (C=O) groups excluding carboxylic acids is 2. The standard InChI is InChI=1S/C28H36N2O2/c1-26(2)16-23-17-27(3,18-26)19-30(23)25(32)11-13-28(12-10-24(31)29-28)15-20-8-9-21-6-4-5-7-22(21)14-20/h4-9,14,23H,10-13,15-19H2,1-3H3,(H,29,31)/t23-,27-,28-/m0/s1. The predicted octanol–water partition coefficient (Wildman–Crippen LogP) is 5.24. The Hall–Kier alpha value is -2.36. The smallest absolute Gasteiger partial charge is 0.222 e. The minimum atomic E-state index is -0.312. The molecule has 1 N–H and O–H groups in total. The van der Waals surface area contributed by atoms with Gasteiger partial charge in [0, 0.05) is 31.0 Å². The average Bonchev–Trinajstić information content (AvgIpc) is 3.21. The molecule has 4 heteroatoms. The van der Waals surface area contributed by atoms with E-state index in [0.29, 0.717) is 30.7 Å². The van der Waals surface area contributed by atoms with Crippen LogP contribution < -0.4 is 5.32 Å². The number of fused-ring (bicyclic) bond motifs is 3. The molecule has 2 aromatic carbocycles. The fraction of sp³-hybridized carbons (Fsp3) is 0.571. The molecule has 2 heterocycles. The van der Waals surface area contributed by atoms with E-state index in [1.807, 2.05) is 0 Å². The Labute approximate surface area is 191 Å². The van der Waals surface area contributed by atoms with Crippen molar-refractivity contribution in [3.8, 4) is 0 Å². The van der Waals surface area contributed by atoms with Crippen LogP contribution in [0.15, 0.2) is 42.5 Å². The number of rotatable bonds is 5. The van der Waals surface area contributed by atoms with Crippen molar-refractivity contribution in [1.82, 2.24) is 10.2 Å². The summed E-state index contributed by atoms with van der Waals surface area (Å²) in [5, 5.41) is 5.72. The lowest BCUT2D eigenvalue weighted by Gasteiger charge is -2.39. The summed E-state index contributed by atoms with van der Waals surface area (Å²) in [7, 11) is 0. The van der Waals surface area contributed by atoms with Crippen molar-refractivity contribution in [1.29, 1.82) is 0 Å². The fourth-order valence-electron chi connectivity index (χ4n) is 7.16. The summed E-state index contributed by atoms with van der Waals surface area (Å²) in [6, 6.07) is 15.3.